The van der Waals surface area contributed by atoms with Gasteiger partial charge in [-0.3, -0.25) is 0 Å². The lowest BCUT2D eigenvalue weighted by molar-refractivity contribution is 0.266. The summed E-state index contributed by atoms with van der Waals surface area (Å²) in [5.41, 5.74) is 1.14. The Morgan fingerprint density at radius 3 is 2.76 bits per heavy atom. The molecule has 1 N–H and O–H groups in total. The molecule has 4 nitrogen and oxygen atoms in total. The Labute approximate surface area is 126 Å². The highest BCUT2D eigenvalue weighted by atomic mass is 16.5. The average molecular weight is 289 g/mol. The van der Waals surface area contributed by atoms with E-state index in [1.165, 1.54) is 0 Å². The summed E-state index contributed by atoms with van der Waals surface area (Å²) in [5, 5.41) is 3.41. The number of hydrogen-bond donors (Lipinski definition) is 1. The molecule has 0 aliphatic heterocycles. The Kier molecular flexibility index (Phi) is 5.69. The van der Waals surface area contributed by atoms with Crippen LogP contribution in [-0.4, -0.2) is 13.7 Å². The molecule has 0 spiro atoms. The van der Waals surface area contributed by atoms with Crippen LogP contribution in [0.15, 0.2) is 41.0 Å². The number of methoxy groups -OCH3 is 1. The van der Waals surface area contributed by atoms with Gasteiger partial charge >= 0.3 is 0 Å². The van der Waals surface area contributed by atoms with Crippen molar-refractivity contribution in [2.45, 2.75) is 27.0 Å². The molecule has 0 aliphatic rings. The van der Waals surface area contributed by atoms with Gasteiger partial charge in [0.25, 0.3) is 0 Å². The van der Waals surface area contributed by atoms with Crippen molar-refractivity contribution in [1.29, 1.82) is 0 Å². The van der Waals surface area contributed by atoms with Crippen molar-refractivity contribution in [2.24, 2.45) is 5.92 Å². The fraction of sp³-hybridized carbons (Fsp3) is 0.412. The Balaban J connectivity index is 1.89. The Morgan fingerprint density at radius 1 is 1.19 bits per heavy atom. The molecule has 2 rings (SSSR count). The first-order chi connectivity index (χ1) is 10.2. The quantitative estimate of drug-likeness (QED) is 0.806. The maximum atomic E-state index is 5.76. The van der Waals surface area contributed by atoms with Gasteiger partial charge in [0, 0.05) is 18.2 Å². The SMILES string of the molecule is COc1cccc(OCc2occc2CNCC(C)C)c1. The van der Waals surface area contributed by atoms with Gasteiger partial charge in [0.05, 0.1) is 13.4 Å². The Hall–Kier alpha value is -1.94. The predicted octanol–water partition coefficient (Wildman–Crippen LogP) is 3.61. The molecule has 2 aromatic rings. The van der Waals surface area contributed by atoms with E-state index in [1.54, 1.807) is 13.4 Å². The van der Waals surface area contributed by atoms with Gasteiger partial charge in [0.2, 0.25) is 0 Å². The molecule has 0 radical (unpaired) electrons. The number of benzene rings is 1. The summed E-state index contributed by atoms with van der Waals surface area (Å²) < 4.78 is 16.4. The van der Waals surface area contributed by atoms with E-state index in [0.717, 1.165) is 35.9 Å². The van der Waals surface area contributed by atoms with E-state index in [0.29, 0.717) is 12.5 Å². The summed E-state index contributed by atoms with van der Waals surface area (Å²) in [4.78, 5) is 0. The number of nitrogens with one attached hydrogen (secondary N) is 1. The fourth-order valence-electron chi connectivity index (χ4n) is 1.99. The van der Waals surface area contributed by atoms with Gasteiger partial charge in [-0.25, -0.2) is 0 Å². The molecule has 1 aromatic heterocycles. The van der Waals surface area contributed by atoms with Crippen LogP contribution in [0.3, 0.4) is 0 Å². The Bertz CT molecular complexity index is 548. The van der Waals surface area contributed by atoms with Gasteiger partial charge in [-0.05, 0) is 30.7 Å². The molecular weight excluding hydrogens is 266 g/mol. The molecule has 4 heteroatoms. The van der Waals surface area contributed by atoms with Crippen LogP contribution in [0.25, 0.3) is 0 Å². The third-order valence-electron chi connectivity index (χ3n) is 3.12. The zero-order chi connectivity index (χ0) is 15.1. The number of furan rings is 1. The second kappa shape index (κ2) is 7.74. The number of hydrogen-bond acceptors (Lipinski definition) is 4. The molecule has 0 aliphatic carbocycles. The molecule has 1 aromatic carbocycles. The van der Waals surface area contributed by atoms with Crippen molar-refractivity contribution in [3.05, 3.63) is 47.9 Å². The molecule has 1 heterocycles. The first-order valence-electron chi connectivity index (χ1n) is 7.22. The largest absolute Gasteiger partial charge is 0.497 e. The van der Waals surface area contributed by atoms with Crippen LogP contribution < -0.4 is 14.8 Å². The summed E-state index contributed by atoms with van der Waals surface area (Å²) in [6.45, 7) is 6.58. The van der Waals surface area contributed by atoms with Gasteiger partial charge in [-0.15, -0.1) is 0 Å². The van der Waals surface area contributed by atoms with Crippen molar-refractivity contribution in [3.8, 4) is 11.5 Å². The lowest BCUT2D eigenvalue weighted by Gasteiger charge is -2.09. The first-order valence-corrected chi connectivity index (χ1v) is 7.22. The van der Waals surface area contributed by atoms with Crippen molar-refractivity contribution in [1.82, 2.24) is 5.32 Å². The molecule has 0 unspecified atom stereocenters. The standard InChI is InChI=1S/C17H23NO3/c1-13(2)10-18-11-14-7-8-20-17(14)12-21-16-6-4-5-15(9-16)19-3/h4-9,13,18H,10-12H2,1-3H3. The molecule has 114 valence electrons. The highest BCUT2D eigenvalue weighted by Crippen LogP contribution is 2.21. The molecule has 0 atom stereocenters. The highest BCUT2D eigenvalue weighted by Gasteiger charge is 2.07. The predicted molar refractivity (Wildman–Crippen MR) is 82.6 cm³/mol. The summed E-state index contributed by atoms with van der Waals surface area (Å²) in [5.74, 6) is 3.04. The maximum absolute atomic E-state index is 5.76. The zero-order valence-electron chi connectivity index (χ0n) is 12.9. The van der Waals surface area contributed by atoms with E-state index >= 15 is 0 Å². The topological polar surface area (TPSA) is 43.6 Å². The minimum atomic E-state index is 0.416. The molecule has 0 bridgehead atoms. The lowest BCUT2D eigenvalue weighted by atomic mass is 10.2. The van der Waals surface area contributed by atoms with Crippen LogP contribution in [0.4, 0.5) is 0 Å². The maximum Gasteiger partial charge on any atom is 0.146 e. The van der Waals surface area contributed by atoms with Crippen molar-refractivity contribution in [3.63, 3.8) is 0 Å². The van der Waals surface area contributed by atoms with Crippen LogP contribution in [0.2, 0.25) is 0 Å². The van der Waals surface area contributed by atoms with E-state index in [9.17, 15) is 0 Å². The minimum absolute atomic E-state index is 0.416. The van der Waals surface area contributed by atoms with Gasteiger partial charge < -0.3 is 19.2 Å². The summed E-state index contributed by atoms with van der Waals surface area (Å²) in [6.07, 6.45) is 1.71. The molecule has 0 fully saturated rings. The molecule has 0 saturated carbocycles. The van der Waals surface area contributed by atoms with Gasteiger partial charge in [-0.2, -0.15) is 0 Å². The van der Waals surface area contributed by atoms with E-state index < -0.39 is 0 Å². The first kappa shape index (κ1) is 15.4. The number of rotatable bonds is 8. The van der Waals surface area contributed by atoms with Crippen molar-refractivity contribution >= 4 is 0 Å². The summed E-state index contributed by atoms with van der Waals surface area (Å²) in [7, 11) is 1.64. The summed E-state index contributed by atoms with van der Waals surface area (Å²) >= 11 is 0. The van der Waals surface area contributed by atoms with Crippen LogP contribution in [-0.2, 0) is 13.2 Å². The second-order valence-corrected chi connectivity index (χ2v) is 5.36. The van der Waals surface area contributed by atoms with E-state index in [2.05, 4.69) is 19.2 Å². The normalized spacial score (nSPS) is 10.9. The lowest BCUT2D eigenvalue weighted by Crippen LogP contribution is -2.19. The van der Waals surface area contributed by atoms with Crippen molar-refractivity contribution < 1.29 is 13.9 Å². The van der Waals surface area contributed by atoms with E-state index in [-0.39, 0.29) is 0 Å². The third kappa shape index (κ3) is 4.83. The van der Waals surface area contributed by atoms with Crippen LogP contribution in [0.1, 0.15) is 25.2 Å². The van der Waals surface area contributed by atoms with E-state index in [1.807, 2.05) is 30.3 Å². The Morgan fingerprint density at radius 2 is 2.00 bits per heavy atom. The third-order valence-corrected chi connectivity index (χ3v) is 3.12. The minimum Gasteiger partial charge on any atom is -0.497 e. The fourth-order valence-corrected chi connectivity index (χ4v) is 1.99. The van der Waals surface area contributed by atoms with Crippen LogP contribution >= 0.6 is 0 Å². The smallest absolute Gasteiger partial charge is 0.146 e. The molecular formula is C17H23NO3. The molecule has 0 amide bonds. The van der Waals surface area contributed by atoms with Crippen LogP contribution in [0.5, 0.6) is 11.5 Å². The van der Waals surface area contributed by atoms with Gasteiger partial charge in [-0.1, -0.05) is 19.9 Å². The molecule has 21 heavy (non-hydrogen) atoms. The average Bonchev–Trinajstić information content (AvgIpc) is 2.92. The number of ether oxygens (including phenoxy) is 2. The second-order valence-electron chi connectivity index (χ2n) is 5.36. The van der Waals surface area contributed by atoms with E-state index in [4.69, 9.17) is 13.9 Å². The molecule has 0 saturated heterocycles. The highest BCUT2D eigenvalue weighted by molar-refractivity contribution is 5.33. The van der Waals surface area contributed by atoms with Crippen molar-refractivity contribution in [2.75, 3.05) is 13.7 Å². The summed E-state index contributed by atoms with van der Waals surface area (Å²) in [6, 6.07) is 9.54. The van der Waals surface area contributed by atoms with Crippen LogP contribution in [0, 0.1) is 5.92 Å². The van der Waals surface area contributed by atoms with Gasteiger partial charge in [0.15, 0.2) is 0 Å². The monoisotopic (exact) mass is 289 g/mol. The van der Waals surface area contributed by atoms with Gasteiger partial charge in [0.1, 0.15) is 23.9 Å². The zero-order valence-corrected chi connectivity index (χ0v) is 12.9.